The molecule has 1 aromatic carbocycles. The first kappa shape index (κ1) is 17.3. The first-order valence-corrected chi connectivity index (χ1v) is 7.62. The van der Waals surface area contributed by atoms with Crippen LogP contribution in [0.1, 0.15) is 25.8 Å². The number of hydrogen-bond acceptors (Lipinski definition) is 3. The van der Waals surface area contributed by atoms with Gasteiger partial charge >= 0.3 is 0 Å². The maximum absolute atomic E-state index is 6.38. The van der Waals surface area contributed by atoms with Gasteiger partial charge in [-0.1, -0.05) is 37.6 Å². The minimum atomic E-state index is 0.650. The standard InChI is InChI=1S/C16H27ClN2O/c1-13(2)11-18-12-14-7-5-8-15(17)16(14)19(3)9-6-10-20-4/h5,7-8,13,18H,6,9-12H2,1-4H3. The Labute approximate surface area is 128 Å². The van der Waals surface area contributed by atoms with E-state index in [2.05, 4.69) is 37.2 Å². The molecule has 0 atom stereocenters. The molecule has 0 spiro atoms. The van der Waals surface area contributed by atoms with E-state index in [4.69, 9.17) is 16.3 Å². The van der Waals surface area contributed by atoms with Gasteiger partial charge in [-0.25, -0.2) is 0 Å². The zero-order chi connectivity index (χ0) is 15.0. The Hall–Kier alpha value is -0.770. The number of rotatable bonds is 9. The van der Waals surface area contributed by atoms with E-state index < -0.39 is 0 Å². The van der Waals surface area contributed by atoms with Gasteiger partial charge in [0.15, 0.2) is 0 Å². The zero-order valence-electron chi connectivity index (χ0n) is 13.1. The zero-order valence-corrected chi connectivity index (χ0v) is 13.8. The van der Waals surface area contributed by atoms with Crippen molar-refractivity contribution in [2.45, 2.75) is 26.8 Å². The summed E-state index contributed by atoms with van der Waals surface area (Å²) in [5, 5.41) is 4.29. The van der Waals surface area contributed by atoms with Crippen molar-refractivity contribution in [3.63, 3.8) is 0 Å². The number of hydrogen-bond donors (Lipinski definition) is 1. The van der Waals surface area contributed by atoms with Gasteiger partial charge < -0.3 is 15.0 Å². The van der Waals surface area contributed by atoms with Gasteiger partial charge in [0.2, 0.25) is 0 Å². The molecule has 0 aliphatic carbocycles. The summed E-state index contributed by atoms with van der Waals surface area (Å²) in [6.07, 6.45) is 0.997. The fourth-order valence-corrected chi connectivity index (χ4v) is 2.52. The van der Waals surface area contributed by atoms with Crippen LogP contribution in [0.15, 0.2) is 18.2 Å². The highest BCUT2D eigenvalue weighted by atomic mass is 35.5. The average Bonchev–Trinajstić information content (AvgIpc) is 2.38. The van der Waals surface area contributed by atoms with Crippen molar-refractivity contribution in [2.75, 3.05) is 38.8 Å². The number of anilines is 1. The van der Waals surface area contributed by atoms with E-state index >= 15 is 0 Å². The third-order valence-corrected chi connectivity index (χ3v) is 3.47. The third kappa shape index (κ3) is 5.70. The Morgan fingerprint density at radius 2 is 2.10 bits per heavy atom. The number of halogens is 1. The Kier molecular flexibility index (Phi) is 7.97. The van der Waals surface area contributed by atoms with Crippen molar-refractivity contribution in [1.82, 2.24) is 5.32 Å². The lowest BCUT2D eigenvalue weighted by atomic mass is 10.1. The molecule has 1 rings (SSSR count). The lowest BCUT2D eigenvalue weighted by Crippen LogP contribution is -2.24. The molecule has 0 aliphatic rings. The van der Waals surface area contributed by atoms with E-state index in [1.165, 1.54) is 5.56 Å². The lowest BCUT2D eigenvalue weighted by Gasteiger charge is -2.24. The fraction of sp³-hybridized carbons (Fsp3) is 0.625. The van der Waals surface area contributed by atoms with Crippen molar-refractivity contribution < 1.29 is 4.74 Å². The molecule has 0 saturated carbocycles. The topological polar surface area (TPSA) is 24.5 Å². The van der Waals surface area contributed by atoms with Crippen LogP contribution in [0.2, 0.25) is 5.02 Å². The van der Waals surface area contributed by atoms with Crippen molar-refractivity contribution in [1.29, 1.82) is 0 Å². The summed E-state index contributed by atoms with van der Waals surface area (Å²) in [6.45, 7) is 8.00. The first-order chi connectivity index (χ1) is 9.56. The minimum absolute atomic E-state index is 0.650. The summed E-state index contributed by atoms with van der Waals surface area (Å²) >= 11 is 6.38. The van der Waals surface area contributed by atoms with Crippen molar-refractivity contribution in [3.8, 4) is 0 Å². The van der Waals surface area contributed by atoms with Crippen LogP contribution in [0, 0.1) is 5.92 Å². The lowest BCUT2D eigenvalue weighted by molar-refractivity contribution is 0.196. The third-order valence-electron chi connectivity index (χ3n) is 3.16. The number of nitrogens with zero attached hydrogens (tertiary/aromatic N) is 1. The smallest absolute Gasteiger partial charge is 0.0642 e. The van der Waals surface area contributed by atoms with Crippen LogP contribution in [-0.4, -0.2) is 33.9 Å². The summed E-state index contributed by atoms with van der Waals surface area (Å²) in [6, 6.07) is 6.11. The number of benzene rings is 1. The van der Waals surface area contributed by atoms with Crippen molar-refractivity contribution in [2.24, 2.45) is 5.92 Å². The van der Waals surface area contributed by atoms with Crippen LogP contribution in [0.3, 0.4) is 0 Å². The Morgan fingerprint density at radius 3 is 2.75 bits per heavy atom. The van der Waals surface area contributed by atoms with Gasteiger partial charge in [0.05, 0.1) is 10.7 Å². The molecule has 0 bridgehead atoms. The summed E-state index contributed by atoms with van der Waals surface area (Å²) in [5.74, 6) is 0.650. The van der Waals surface area contributed by atoms with Crippen LogP contribution in [0.25, 0.3) is 0 Å². The van der Waals surface area contributed by atoms with E-state index in [-0.39, 0.29) is 0 Å². The van der Waals surface area contributed by atoms with Gasteiger partial charge in [-0.05, 0) is 30.5 Å². The molecule has 3 nitrogen and oxygen atoms in total. The summed E-state index contributed by atoms with van der Waals surface area (Å²) < 4.78 is 5.11. The second-order valence-corrected chi connectivity index (χ2v) is 5.95. The van der Waals surface area contributed by atoms with Gasteiger partial charge in [0.1, 0.15) is 0 Å². The Balaban J connectivity index is 2.71. The molecule has 0 fully saturated rings. The fourth-order valence-electron chi connectivity index (χ4n) is 2.18. The van der Waals surface area contributed by atoms with Gasteiger partial charge in [-0.3, -0.25) is 0 Å². The van der Waals surface area contributed by atoms with Gasteiger partial charge in [-0.15, -0.1) is 0 Å². The van der Waals surface area contributed by atoms with Crippen LogP contribution < -0.4 is 10.2 Å². The predicted molar refractivity (Wildman–Crippen MR) is 87.8 cm³/mol. The molecule has 0 heterocycles. The maximum atomic E-state index is 6.38. The summed E-state index contributed by atoms with van der Waals surface area (Å²) in [7, 11) is 3.82. The molecule has 20 heavy (non-hydrogen) atoms. The van der Waals surface area contributed by atoms with E-state index in [1.54, 1.807) is 7.11 Å². The Morgan fingerprint density at radius 1 is 1.35 bits per heavy atom. The van der Waals surface area contributed by atoms with Crippen LogP contribution in [-0.2, 0) is 11.3 Å². The van der Waals surface area contributed by atoms with Crippen molar-refractivity contribution in [3.05, 3.63) is 28.8 Å². The molecular formula is C16H27ClN2O. The SMILES string of the molecule is COCCCN(C)c1c(Cl)cccc1CNCC(C)C. The molecule has 1 aromatic rings. The van der Waals surface area contributed by atoms with E-state index in [0.717, 1.165) is 43.4 Å². The molecule has 0 aliphatic heterocycles. The average molecular weight is 299 g/mol. The molecule has 0 aromatic heterocycles. The van der Waals surface area contributed by atoms with Gasteiger partial charge in [-0.2, -0.15) is 0 Å². The quantitative estimate of drug-likeness (QED) is 0.706. The Bertz CT molecular complexity index is 396. The van der Waals surface area contributed by atoms with Crippen LogP contribution in [0.5, 0.6) is 0 Å². The van der Waals surface area contributed by atoms with E-state index in [1.807, 2.05) is 12.1 Å². The molecule has 114 valence electrons. The van der Waals surface area contributed by atoms with Crippen molar-refractivity contribution >= 4 is 17.3 Å². The molecule has 0 unspecified atom stereocenters. The highest BCUT2D eigenvalue weighted by molar-refractivity contribution is 6.33. The van der Waals surface area contributed by atoms with Crippen LogP contribution >= 0.6 is 11.6 Å². The maximum Gasteiger partial charge on any atom is 0.0642 e. The summed E-state index contributed by atoms with van der Waals surface area (Å²) in [4.78, 5) is 2.22. The second kappa shape index (κ2) is 9.22. The monoisotopic (exact) mass is 298 g/mol. The second-order valence-electron chi connectivity index (χ2n) is 5.54. The normalized spacial score (nSPS) is 11.1. The van der Waals surface area contributed by atoms with Gasteiger partial charge in [0.25, 0.3) is 0 Å². The van der Waals surface area contributed by atoms with Gasteiger partial charge in [0, 0.05) is 33.9 Å². The molecule has 1 N–H and O–H groups in total. The molecule has 0 saturated heterocycles. The number of ether oxygens (including phenoxy) is 1. The van der Waals surface area contributed by atoms with Crippen LogP contribution in [0.4, 0.5) is 5.69 Å². The number of methoxy groups -OCH3 is 1. The number of nitrogens with one attached hydrogen (secondary N) is 1. The molecular weight excluding hydrogens is 272 g/mol. The largest absolute Gasteiger partial charge is 0.385 e. The molecule has 0 amide bonds. The summed E-state index contributed by atoms with van der Waals surface area (Å²) in [5.41, 5.74) is 2.37. The highest BCUT2D eigenvalue weighted by Gasteiger charge is 2.11. The molecule has 0 radical (unpaired) electrons. The number of para-hydroxylation sites is 1. The van der Waals surface area contributed by atoms with E-state index in [9.17, 15) is 0 Å². The predicted octanol–water partition coefficient (Wildman–Crippen LogP) is 3.56. The first-order valence-electron chi connectivity index (χ1n) is 7.24. The minimum Gasteiger partial charge on any atom is -0.385 e. The van der Waals surface area contributed by atoms with E-state index in [0.29, 0.717) is 5.92 Å². The highest BCUT2D eigenvalue weighted by Crippen LogP contribution is 2.29. The molecule has 4 heteroatoms.